The molecular weight excluding hydrogens is 246 g/mol. The van der Waals surface area contributed by atoms with Gasteiger partial charge in [-0.25, -0.2) is 9.59 Å². The lowest BCUT2D eigenvalue weighted by molar-refractivity contribution is 0.108. The normalized spacial score (nSPS) is 24.1. The van der Waals surface area contributed by atoms with E-state index in [4.69, 9.17) is 4.74 Å². The number of nitrogens with one attached hydrogen (secondary N) is 2. The zero-order chi connectivity index (χ0) is 13.7. The maximum absolute atomic E-state index is 11.9. The molecule has 2 fully saturated rings. The summed E-state index contributed by atoms with van der Waals surface area (Å²) >= 11 is 0. The highest BCUT2D eigenvalue weighted by Gasteiger charge is 2.26. The van der Waals surface area contributed by atoms with E-state index in [2.05, 4.69) is 10.6 Å². The standard InChI is InChI=1S/C13H23N3O3/c1-19-13(18)16-8-4-7-11(9-16)15-12(17)14-10-5-2-3-6-10/h10-11H,2-9H2,1H3,(H2,14,15,17)/t11-/m0/s1. The van der Waals surface area contributed by atoms with E-state index >= 15 is 0 Å². The Hall–Kier alpha value is -1.46. The van der Waals surface area contributed by atoms with Gasteiger partial charge in [0.25, 0.3) is 0 Å². The fourth-order valence-electron chi connectivity index (χ4n) is 2.87. The van der Waals surface area contributed by atoms with Gasteiger partial charge in [-0.1, -0.05) is 12.8 Å². The molecule has 3 amide bonds. The Balaban J connectivity index is 1.74. The highest BCUT2D eigenvalue weighted by atomic mass is 16.5. The van der Waals surface area contributed by atoms with Crippen molar-refractivity contribution in [3.8, 4) is 0 Å². The summed E-state index contributed by atoms with van der Waals surface area (Å²) in [6, 6.07) is 0.234. The van der Waals surface area contributed by atoms with Gasteiger partial charge in [0.15, 0.2) is 0 Å². The Morgan fingerprint density at radius 2 is 1.68 bits per heavy atom. The van der Waals surface area contributed by atoms with Gasteiger partial charge >= 0.3 is 12.1 Å². The number of ether oxygens (including phenoxy) is 1. The van der Waals surface area contributed by atoms with Crippen LogP contribution in [0.1, 0.15) is 38.5 Å². The molecule has 108 valence electrons. The summed E-state index contributed by atoms with van der Waals surface area (Å²) in [6.45, 7) is 1.24. The second kappa shape index (κ2) is 6.63. The van der Waals surface area contributed by atoms with E-state index in [1.54, 1.807) is 4.90 Å². The largest absolute Gasteiger partial charge is 0.453 e. The maximum atomic E-state index is 11.9. The molecule has 1 heterocycles. The van der Waals surface area contributed by atoms with Gasteiger partial charge in [0.1, 0.15) is 0 Å². The van der Waals surface area contributed by atoms with Crippen LogP contribution in [0.4, 0.5) is 9.59 Å². The van der Waals surface area contributed by atoms with Crippen molar-refractivity contribution in [2.45, 2.75) is 50.6 Å². The van der Waals surface area contributed by atoms with Gasteiger partial charge in [0.2, 0.25) is 0 Å². The van der Waals surface area contributed by atoms with Gasteiger partial charge in [-0.05, 0) is 25.7 Å². The highest BCUT2D eigenvalue weighted by molar-refractivity contribution is 5.75. The zero-order valence-electron chi connectivity index (χ0n) is 11.5. The quantitative estimate of drug-likeness (QED) is 0.797. The lowest BCUT2D eigenvalue weighted by Gasteiger charge is -2.32. The molecule has 2 rings (SSSR count). The molecule has 0 aromatic carbocycles. The first-order valence-electron chi connectivity index (χ1n) is 7.09. The van der Waals surface area contributed by atoms with Gasteiger partial charge in [0, 0.05) is 25.2 Å². The van der Waals surface area contributed by atoms with Crippen LogP contribution in [-0.2, 0) is 4.74 Å². The lowest BCUT2D eigenvalue weighted by Crippen LogP contribution is -2.53. The van der Waals surface area contributed by atoms with Crippen LogP contribution < -0.4 is 10.6 Å². The number of carbonyl (C=O) groups is 2. The van der Waals surface area contributed by atoms with Crippen molar-refractivity contribution in [3.05, 3.63) is 0 Å². The van der Waals surface area contributed by atoms with Gasteiger partial charge in [-0.2, -0.15) is 0 Å². The molecular formula is C13H23N3O3. The number of hydrogen-bond acceptors (Lipinski definition) is 3. The van der Waals surface area contributed by atoms with Crippen LogP contribution >= 0.6 is 0 Å². The van der Waals surface area contributed by atoms with Crippen molar-refractivity contribution >= 4 is 12.1 Å². The minimum Gasteiger partial charge on any atom is -0.453 e. The number of hydrogen-bond donors (Lipinski definition) is 2. The first-order valence-corrected chi connectivity index (χ1v) is 7.09. The summed E-state index contributed by atoms with van der Waals surface area (Å²) in [5.74, 6) is 0. The molecule has 0 aromatic rings. The Kier molecular flexibility index (Phi) is 4.87. The smallest absolute Gasteiger partial charge is 0.409 e. The van der Waals surface area contributed by atoms with Crippen molar-refractivity contribution in [1.29, 1.82) is 0 Å². The molecule has 1 saturated carbocycles. The molecule has 0 radical (unpaired) electrons. The summed E-state index contributed by atoms with van der Waals surface area (Å²) in [6.07, 6.45) is 6.03. The predicted octanol–water partition coefficient (Wildman–Crippen LogP) is 1.46. The van der Waals surface area contributed by atoms with Gasteiger partial charge in [-0.3, -0.25) is 0 Å². The van der Waals surface area contributed by atoms with E-state index in [1.807, 2.05) is 0 Å². The summed E-state index contributed by atoms with van der Waals surface area (Å²) in [5.41, 5.74) is 0. The number of rotatable bonds is 2. The molecule has 2 aliphatic rings. The van der Waals surface area contributed by atoms with E-state index in [-0.39, 0.29) is 18.2 Å². The van der Waals surface area contributed by atoms with Gasteiger partial charge < -0.3 is 20.3 Å². The first-order chi connectivity index (χ1) is 9.19. The average Bonchev–Trinajstić information content (AvgIpc) is 2.90. The lowest BCUT2D eigenvalue weighted by atomic mass is 10.1. The van der Waals surface area contributed by atoms with E-state index in [0.29, 0.717) is 19.1 Å². The number of likely N-dealkylation sites (tertiary alicyclic amines) is 1. The van der Waals surface area contributed by atoms with Crippen molar-refractivity contribution in [2.75, 3.05) is 20.2 Å². The Labute approximate surface area is 113 Å². The van der Waals surface area contributed by atoms with Crippen molar-refractivity contribution in [2.24, 2.45) is 0 Å². The molecule has 0 aromatic heterocycles. The van der Waals surface area contributed by atoms with Crippen LogP contribution in [0.5, 0.6) is 0 Å². The first kappa shape index (κ1) is 14.0. The monoisotopic (exact) mass is 269 g/mol. The molecule has 6 nitrogen and oxygen atoms in total. The summed E-state index contributed by atoms with van der Waals surface area (Å²) in [5, 5.41) is 5.95. The van der Waals surface area contributed by atoms with Crippen molar-refractivity contribution < 1.29 is 14.3 Å². The van der Waals surface area contributed by atoms with Gasteiger partial charge in [-0.15, -0.1) is 0 Å². The number of urea groups is 1. The Bertz CT molecular complexity index is 329. The topological polar surface area (TPSA) is 70.7 Å². The van der Waals surface area contributed by atoms with Crippen LogP contribution in [0.2, 0.25) is 0 Å². The van der Waals surface area contributed by atoms with Crippen LogP contribution in [0.25, 0.3) is 0 Å². The van der Waals surface area contributed by atoms with Crippen LogP contribution in [-0.4, -0.2) is 49.3 Å². The summed E-state index contributed by atoms with van der Waals surface area (Å²) < 4.78 is 4.71. The third kappa shape index (κ3) is 4.01. The van der Waals surface area contributed by atoms with E-state index < -0.39 is 0 Å². The molecule has 0 unspecified atom stereocenters. The van der Waals surface area contributed by atoms with Crippen molar-refractivity contribution in [3.63, 3.8) is 0 Å². The molecule has 2 N–H and O–H groups in total. The number of piperidine rings is 1. The molecule has 0 spiro atoms. The van der Waals surface area contributed by atoms with E-state index in [0.717, 1.165) is 25.7 Å². The molecule has 6 heteroatoms. The minimum absolute atomic E-state index is 0.0225. The SMILES string of the molecule is COC(=O)N1CCC[C@H](NC(=O)NC2CCCC2)C1. The number of nitrogens with zero attached hydrogens (tertiary/aromatic N) is 1. The molecule has 1 saturated heterocycles. The number of methoxy groups -OCH3 is 1. The zero-order valence-corrected chi connectivity index (χ0v) is 11.5. The van der Waals surface area contributed by atoms with E-state index in [1.165, 1.54) is 20.0 Å². The van der Waals surface area contributed by atoms with Gasteiger partial charge in [0.05, 0.1) is 7.11 Å². The van der Waals surface area contributed by atoms with Crippen LogP contribution in [0, 0.1) is 0 Å². The average molecular weight is 269 g/mol. The minimum atomic E-state index is -0.317. The third-order valence-electron chi connectivity index (χ3n) is 3.88. The fraction of sp³-hybridized carbons (Fsp3) is 0.846. The fourth-order valence-corrected chi connectivity index (χ4v) is 2.87. The molecule has 19 heavy (non-hydrogen) atoms. The number of amides is 3. The molecule has 1 aliphatic carbocycles. The number of carbonyl (C=O) groups excluding carboxylic acids is 2. The summed E-state index contributed by atoms with van der Waals surface area (Å²) in [4.78, 5) is 25.0. The maximum Gasteiger partial charge on any atom is 0.409 e. The summed E-state index contributed by atoms with van der Waals surface area (Å²) in [7, 11) is 1.38. The molecule has 1 aliphatic heterocycles. The van der Waals surface area contributed by atoms with Crippen LogP contribution in [0.3, 0.4) is 0 Å². The second-order valence-corrected chi connectivity index (χ2v) is 5.35. The third-order valence-corrected chi connectivity index (χ3v) is 3.88. The second-order valence-electron chi connectivity index (χ2n) is 5.35. The van der Waals surface area contributed by atoms with Crippen LogP contribution in [0.15, 0.2) is 0 Å². The molecule has 0 bridgehead atoms. The van der Waals surface area contributed by atoms with Crippen molar-refractivity contribution in [1.82, 2.24) is 15.5 Å². The Morgan fingerprint density at radius 1 is 1.05 bits per heavy atom. The Morgan fingerprint density at radius 3 is 2.37 bits per heavy atom. The predicted molar refractivity (Wildman–Crippen MR) is 70.9 cm³/mol. The van der Waals surface area contributed by atoms with E-state index in [9.17, 15) is 9.59 Å². The molecule has 1 atom stereocenters. The highest BCUT2D eigenvalue weighted by Crippen LogP contribution is 2.17.